The van der Waals surface area contributed by atoms with Crippen LogP contribution >= 0.6 is 11.6 Å². The zero-order valence-corrected chi connectivity index (χ0v) is 13.7. The molecular weight excluding hydrogens is 332 g/mol. The van der Waals surface area contributed by atoms with Gasteiger partial charge in [0.25, 0.3) is 0 Å². The van der Waals surface area contributed by atoms with Crippen molar-refractivity contribution < 1.29 is 18.7 Å². The van der Waals surface area contributed by atoms with Crippen molar-refractivity contribution in [1.82, 2.24) is 0 Å². The number of halogens is 1. The third-order valence-corrected chi connectivity index (χ3v) is 3.64. The summed E-state index contributed by atoms with van der Waals surface area (Å²) in [4.78, 5) is 24.1. The first-order valence-corrected chi connectivity index (χ1v) is 7.46. The molecular formula is C18H13ClO5. The Balaban J connectivity index is 2.29. The Morgan fingerprint density at radius 1 is 1.12 bits per heavy atom. The topological polar surface area (TPSA) is 65.7 Å². The third kappa shape index (κ3) is 2.98. The lowest BCUT2D eigenvalue weighted by Crippen LogP contribution is -2.13. The normalized spacial score (nSPS) is 10.6. The van der Waals surface area contributed by atoms with Crippen LogP contribution in [0, 0.1) is 0 Å². The van der Waals surface area contributed by atoms with Crippen LogP contribution in [0.2, 0.25) is 5.02 Å². The lowest BCUT2D eigenvalue weighted by atomic mass is 10.1. The molecule has 0 amide bonds. The van der Waals surface area contributed by atoms with Crippen LogP contribution in [-0.4, -0.2) is 13.1 Å². The SMILES string of the molecule is COc1ccc(-c2oc3ccc(Cl)cc3c(=O)c2OC(C)=O)cc1. The van der Waals surface area contributed by atoms with Gasteiger partial charge in [-0.3, -0.25) is 9.59 Å². The van der Waals surface area contributed by atoms with Gasteiger partial charge in [0.15, 0.2) is 5.76 Å². The van der Waals surface area contributed by atoms with Crippen LogP contribution in [0.5, 0.6) is 11.5 Å². The molecule has 0 atom stereocenters. The van der Waals surface area contributed by atoms with Gasteiger partial charge in [-0.25, -0.2) is 0 Å². The van der Waals surface area contributed by atoms with Crippen molar-refractivity contribution in [3.8, 4) is 22.8 Å². The molecule has 122 valence electrons. The maximum atomic E-state index is 12.7. The number of benzene rings is 2. The van der Waals surface area contributed by atoms with Crippen LogP contribution in [0.15, 0.2) is 51.7 Å². The molecule has 3 aromatic rings. The van der Waals surface area contributed by atoms with E-state index in [0.717, 1.165) is 0 Å². The molecule has 1 aromatic heterocycles. The third-order valence-electron chi connectivity index (χ3n) is 3.41. The molecule has 0 saturated heterocycles. The second-order valence-electron chi connectivity index (χ2n) is 5.05. The van der Waals surface area contributed by atoms with E-state index in [2.05, 4.69) is 0 Å². The van der Waals surface area contributed by atoms with Gasteiger partial charge in [0.1, 0.15) is 11.3 Å². The van der Waals surface area contributed by atoms with Gasteiger partial charge < -0.3 is 13.9 Å². The fourth-order valence-electron chi connectivity index (χ4n) is 2.32. The number of hydrogen-bond donors (Lipinski definition) is 0. The predicted molar refractivity (Wildman–Crippen MR) is 90.8 cm³/mol. The average Bonchev–Trinajstić information content (AvgIpc) is 2.57. The number of esters is 1. The Morgan fingerprint density at radius 3 is 2.46 bits per heavy atom. The quantitative estimate of drug-likeness (QED) is 0.671. The van der Waals surface area contributed by atoms with Crippen molar-refractivity contribution >= 4 is 28.5 Å². The van der Waals surface area contributed by atoms with Crippen molar-refractivity contribution in [2.24, 2.45) is 0 Å². The van der Waals surface area contributed by atoms with E-state index in [-0.39, 0.29) is 16.9 Å². The minimum atomic E-state index is -0.613. The van der Waals surface area contributed by atoms with E-state index in [4.69, 9.17) is 25.5 Å². The highest BCUT2D eigenvalue weighted by molar-refractivity contribution is 6.31. The maximum Gasteiger partial charge on any atom is 0.308 e. The number of ether oxygens (including phenoxy) is 2. The lowest BCUT2D eigenvalue weighted by Gasteiger charge is -2.10. The summed E-state index contributed by atoms with van der Waals surface area (Å²) in [5.74, 6) is 0.0521. The van der Waals surface area contributed by atoms with E-state index in [9.17, 15) is 9.59 Å². The fourth-order valence-corrected chi connectivity index (χ4v) is 2.49. The largest absolute Gasteiger partial charge is 0.497 e. The Labute approximate surface area is 142 Å². The van der Waals surface area contributed by atoms with Crippen molar-refractivity contribution in [3.05, 3.63) is 57.7 Å². The van der Waals surface area contributed by atoms with Gasteiger partial charge in [-0.1, -0.05) is 11.6 Å². The molecule has 2 aromatic carbocycles. The summed E-state index contributed by atoms with van der Waals surface area (Å²) in [7, 11) is 1.55. The van der Waals surface area contributed by atoms with Crippen LogP contribution in [0.4, 0.5) is 0 Å². The van der Waals surface area contributed by atoms with Crippen LogP contribution in [0.1, 0.15) is 6.92 Å². The molecule has 24 heavy (non-hydrogen) atoms. The van der Waals surface area contributed by atoms with E-state index >= 15 is 0 Å². The zero-order chi connectivity index (χ0) is 17.3. The van der Waals surface area contributed by atoms with Crippen LogP contribution < -0.4 is 14.9 Å². The zero-order valence-electron chi connectivity index (χ0n) is 13.0. The first-order valence-electron chi connectivity index (χ1n) is 7.09. The average molecular weight is 345 g/mol. The monoisotopic (exact) mass is 344 g/mol. The van der Waals surface area contributed by atoms with Gasteiger partial charge in [-0.2, -0.15) is 0 Å². The van der Waals surface area contributed by atoms with E-state index < -0.39 is 11.4 Å². The smallest absolute Gasteiger partial charge is 0.308 e. The molecule has 0 spiro atoms. The molecule has 0 aliphatic rings. The second kappa shape index (κ2) is 6.37. The molecule has 0 aliphatic heterocycles. The van der Waals surface area contributed by atoms with Crippen molar-refractivity contribution in [2.75, 3.05) is 7.11 Å². The highest BCUT2D eigenvalue weighted by Crippen LogP contribution is 2.32. The van der Waals surface area contributed by atoms with E-state index in [1.807, 2.05) is 0 Å². The van der Waals surface area contributed by atoms with Crippen molar-refractivity contribution in [2.45, 2.75) is 6.92 Å². The molecule has 0 N–H and O–H groups in total. The number of carbonyl (C=O) groups is 1. The molecule has 0 bridgehead atoms. The predicted octanol–water partition coefficient (Wildman–Crippen LogP) is 4.05. The summed E-state index contributed by atoms with van der Waals surface area (Å²) >= 11 is 5.94. The Kier molecular flexibility index (Phi) is 4.27. The van der Waals surface area contributed by atoms with Gasteiger partial charge in [-0.15, -0.1) is 0 Å². The molecule has 3 rings (SSSR count). The van der Waals surface area contributed by atoms with Crippen molar-refractivity contribution in [1.29, 1.82) is 0 Å². The number of carbonyl (C=O) groups excluding carboxylic acids is 1. The first kappa shape index (κ1) is 16.1. The number of hydrogen-bond acceptors (Lipinski definition) is 5. The number of methoxy groups -OCH3 is 1. The van der Waals surface area contributed by atoms with Gasteiger partial charge in [0.2, 0.25) is 11.2 Å². The Bertz CT molecular complexity index is 973. The summed E-state index contributed by atoms with van der Waals surface area (Å²) in [5.41, 5.74) is 0.479. The highest BCUT2D eigenvalue weighted by atomic mass is 35.5. The molecule has 0 radical (unpaired) electrons. The van der Waals surface area contributed by atoms with Crippen LogP contribution in [-0.2, 0) is 4.79 Å². The molecule has 1 heterocycles. The van der Waals surface area contributed by atoms with E-state index in [1.54, 1.807) is 43.5 Å². The standard InChI is InChI=1S/C18H13ClO5/c1-10(20)23-18-16(21)14-9-12(19)5-8-15(14)24-17(18)11-3-6-13(22-2)7-4-11/h3-9H,1-2H3. The minimum Gasteiger partial charge on any atom is -0.497 e. The van der Waals surface area contributed by atoms with Crippen molar-refractivity contribution in [3.63, 3.8) is 0 Å². The first-order chi connectivity index (χ1) is 11.5. The van der Waals surface area contributed by atoms with E-state index in [0.29, 0.717) is 21.9 Å². The summed E-state index contributed by atoms with van der Waals surface area (Å²) in [6, 6.07) is 11.6. The fraction of sp³-hybridized carbons (Fsp3) is 0.111. The molecule has 6 heteroatoms. The van der Waals surface area contributed by atoms with Gasteiger partial charge in [0, 0.05) is 17.5 Å². The second-order valence-corrected chi connectivity index (χ2v) is 5.49. The van der Waals surface area contributed by atoms with Crippen LogP contribution in [0.3, 0.4) is 0 Å². The number of rotatable bonds is 3. The maximum absolute atomic E-state index is 12.7. The highest BCUT2D eigenvalue weighted by Gasteiger charge is 2.19. The van der Waals surface area contributed by atoms with Gasteiger partial charge in [0.05, 0.1) is 12.5 Å². The molecule has 5 nitrogen and oxygen atoms in total. The van der Waals surface area contributed by atoms with Gasteiger partial charge in [-0.05, 0) is 42.5 Å². The summed E-state index contributed by atoms with van der Waals surface area (Å²) in [5, 5.41) is 0.636. The number of fused-ring (bicyclic) bond motifs is 1. The lowest BCUT2D eigenvalue weighted by molar-refractivity contribution is -0.131. The summed E-state index contributed by atoms with van der Waals surface area (Å²) in [6.45, 7) is 1.22. The van der Waals surface area contributed by atoms with E-state index in [1.165, 1.54) is 13.0 Å². The molecule has 0 fully saturated rings. The minimum absolute atomic E-state index is 0.164. The Morgan fingerprint density at radius 2 is 1.83 bits per heavy atom. The summed E-state index contributed by atoms with van der Waals surface area (Å²) in [6.07, 6.45) is 0. The molecule has 0 unspecified atom stereocenters. The van der Waals surface area contributed by atoms with Gasteiger partial charge >= 0.3 is 5.97 Å². The Hall–Kier alpha value is -2.79. The molecule has 0 saturated carbocycles. The molecule has 0 aliphatic carbocycles. The van der Waals surface area contributed by atoms with Crippen LogP contribution in [0.25, 0.3) is 22.3 Å². The summed E-state index contributed by atoms with van der Waals surface area (Å²) < 4.78 is 16.0.